The Morgan fingerprint density at radius 3 is 2.88 bits per heavy atom. The molecule has 0 saturated carbocycles. The van der Waals surface area contributed by atoms with E-state index in [9.17, 15) is 4.79 Å². The number of carbonyl (C=O) groups is 1. The molecule has 0 aliphatic rings. The van der Waals surface area contributed by atoms with Crippen LogP contribution in [0.25, 0.3) is 5.78 Å². The summed E-state index contributed by atoms with van der Waals surface area (Å²) in [5.74, 6) is 1.10. The molecule has 2 aromatic rings. The molecule has 5 nitrogen and oxygen atoms in total. The summed E-state index contributed by atoms with van der Waals surface area (Å²) in [4.78, 5) is 19.4. The lowest BCUT2D eigenvalue weighted by molar-refractivity contribution is -0.114. The Balaban J connectivity index is 2.36. The second-order valence-corrected chi connectivity index (χ2v) is 4.58. The maximum Gasteiger partial charge on any atom is 0.253 e. The van der Waals surface area contributed by atoms with Crippen molar-refractivity contribution < 1.29 is 4.79 Å². The highest BCUT2D eigenvalue weighted by Crippen LogP contribution is 2.14. The van der Waals surface area contributed by atoms with Gasteiger partial charge in [0.2, 0.25) is 5.16 Å². The minimum absolute atomic E-state index is 0.115. The molecule has 2 aromatic heterocycles. The van der Waals surface area contributed by atoms with Crippen molar-refractivity contribution >= 4 is 23.3 Å². The van der Waals surface area contributed by atoms with Gasteiger partial charge in [0.25, 0.3) is 5.78 Å². The maximum absolute atomic E-state index is 10.9. The lowest BCUT2D eigenvalue weighted by atomic mass is 10.4. The third-order valence-electron chi connectivity index (χ3n) is 2.00. The Kier molecular flexibility index (Phi) is 2.91. The third kappa shape index (κ3) is 2.21. The second-order valence-electron chi connectivity index (χ2n) is 3.64. The molecule has 0 amide bonds. The van der Waals surface area contributed by atoms with Gasteiger partial charge < -0.3 is 0 Å². The van der Waals surface area contributed by atoms with E-state index in [0.717, 1.165) is 11.4 Å². The number of rotatable bonds is 3. The van der Waals surface area contributed by atoms with Crippen molar-refractivity contribution in [3.8, 4) is 0 Å². The molecule has 2 rings (SSSR count). The van der Waals surface area contributed by atoms with Crippen molar-refractivity contribution in [3.05, 3.63) is 17.5 Å². The first kappa shape index (κ1) is 11.1. The quantitative estimate of drug-likeness (QED) is 0.754. The summed E-state index contributed by atoms with van der Waals surface area (Å²) in [5.41, 5.74) is 1.91. The Bertz CT molecular complexity index is 549. The van der Waals surface area contributed by atoms with Gasteiger partial charge in [-0.2, -0.15) is 4.98 Å². The number of ketones is 1. The summed E-state index contributed by atoms with van der Waals surface area (Å²) >= 11 is 1.34. The summed E-state index contributed by atoms with van der Waals surface area (Å²) in [6.07, 6.45) is 0. The molecular formula is C10H12N4OS. The molecule has 0 radical (unpaired) electrons. The molecular weight excluding hydrogens is 224 g/mol. The zero-order chi connectivity index (χ0) is 11.7. The van der Waals surface area contributed by atoms with E-state index in [1.54, 1.807) is 11.4 Å². The Labute approximate surface area is 97.3 Å². The first-order chi connectivity index (χ1) is 7.56. The standard InChI is InChI=1S/C10H12N4OS/c1-6-4-7(2)14-9(11-6)12-10(13-14)16-5-8(3)15/h4H,5H2,1-3H3. The van der Waals surface area contributed by atoms with Crippen molar-refractivity contribution in [2.45, 2.75) is 25.9 Å². The maximum atomic E-state index is 10.9. The summed E-state index contributed by atoms with van der Waals surface area (Å²) in [7, 11) is 0. The topological polar surface area (TPSA) is 60.2 Å². The molecule has 0 saturated heterocycles. The Morgan fingerprint density at radius 2 is 2.19 bits per heavy atom. The highest BCUT2D eigenvalue weighted by molar-refractivity contribution is 7.99. The van der Waals surface area contributed by atoms with E-state index in [0.29, 0.717) is 16.7 Å². The highest BCUT2D eigenvalue weighted by Gasteiger charge is 2.08. The van der Waals surface area contributed by atoms with Gasteiger partial charge in [-0.25, -0.2) is 9.50 Å². The SMILES string of the molecule is CC(=O)CSc1nc2nc(C)cc(C)n2n1. The Hall–Kier alpha value is -1.43. The Morgan fingerprint density at radius 1 is 1.44 bits per heavy atom. The van der Waals surface area contributed by atoms with Crippen LogP contribution in [0.2, 0.25) is 0 Å². The third-order valence-corrected chi connectivity index (χ3v) is 2.99. The number of nitrogens with zero attached hydrogens (tertiary/aromatic N) is 4. The van der Waals surface area contributed by atoms with E-state index >= 15 is 0 Å². The van der Waals surface area contributed by atoms with Gasteiger partial charge in [-0.3, -0.25) is 4.79 Å². The van der Waals surface area contributed by atoms with Crippen molar-refractivity contribution in [1.82, 2.24) is 19.6 Å². The summed E-state index contributed by atoms with van der Waals surface area (Å²) < 4.78 is 1.69. The molecule has 0 unspecified atom stereocenters. The molecule has 6 heteroatoms. The average Bonchev–Trinajstić information content (AvgIpc) is 2.57. The normalized spacial score (nSPS) is 10.9. The van der Waals surface area contributed by atoms with Gasteiger partial charge in [0.1, 0.15) is 5.78 Å². The van der Waals surface area contributed by atoms with E-state index in [4.69, 9.17) is 0 Å². The first-order valence-electron chi connectivity index (χ1n) is 4.89. The number of thioether (sulfide) groups is 1. The van der Waals surface area contributed by atoms with E-state index in [2.05, 4.69) is 15.1 Å². The largest absolute Gasteiger partial charge is 0.299 e. The molecule has 0 bridgehead atoms. The number of hydrogen-bond acceptors (Lipinski definition) is 5. The van der Waals surface area contributed by atoms with Crippen LogP contribution in [-0.2, 0) is 4.79 Å². The first-order valence-corrected chi connectivity index (χ1v) is 5.88. The molecule has 0 aliphatic heterocycles. The van der Waals surface area contributed by atoms with Crippen molar-refractivity contribution in [2.75, 3.05) is 5.75 Å². The van der Waals surface area contributed by atoms with Crippen LogP contribution in [-0.4, -0.2) is 31.1 Å². The van der Waals surface area contributed by atoms with Gasteiger partial charge in [0.15, 0.2) is 0 Å². The highest BCUT2D eigenvalue weighted by atomic mass is 32.2. The van der Waals surface area contributed by atoms with Crippen LogP contribution in [0.4, 0.5) is 0 Å². The summed E-state index contributed by atoms with van der Waals surface area (Å²) in [5, 5.41) is 4.87. The number of hydrogen-bond donors (Lipinski definition) is 0. The van der Waals surface area contributed by atoms with Crippen LogP contribution in [0.5, 0.6) is 0 Å². The number of Topliss-reactive ketones (excluding diaryl/α,β-unsaturated/α-hetero) is 1. The van der Waals surface area contributed by atoms with Gasteiger partial charge in [-0.05, 0) is 26.8 Å². The molecule has 0 atom stereocenters. The molecule has 0 aromatic carbocycles. The zero-order valence-electron chi connectivity index (χ0n) is 9.39. The molecule has 84 valence electrons. The molecule has 0 aliphatic carbocycles. The van der Waals surface area contributed by atoms with Crippen LogP contribution in [0.1, 0.15) is 18.3 Å². The predicted molar refractivity (Wildman–Crippen MR) is 61.7 cm³/mol. The minimum Gasteiger partial charge on any atom is -0.299 e. The van der Waals surface area contributed by atoms with Gasteiger partial charge >= 0.3 is 0 Å². The number of fused-ring (bicyclic) bond motifs is 1. The predicted octanol–water partition coefficient (Wildman–Crippen LogP) is 1.42. The van der Waals surface area contributed by atoms with Crippen molar-refractivity contribution in [1.29, 1.82) is 0 Å². The van der Waals surface area contributed by atoms with Gasteiger partial charge in [0, 0.05) is 11.4 Å². The lowest BCUT2D eigenvalue weighted by Crippen LogP contribution is -1.97. The number of aryl methyl sites for hydroxylation is 2. The van der Waals surface area contributed by atoms with Crippen LogP contribution in [0.15, 0.2) is 11.2 Å². The van der Waals surface area contributed by atoms with Crippen LogP contribution >= 0.6 is 11.8 Å². The van der Waals surface area contributed by atoms with E-state index < -0.39 is 0 Å². The van der Waals surface area contributed by atoms with E-state index in [1.807, 2.05) is 19.9 Å². The summed E-state index contributed by atoms with van der Waals surface area (Å²) in [6.45, 7) is 5.43. The minimum atomic E-state index is 0.115. The molecule has 0 fully saturated rings. The van der Waals surface area contributed by atoms with Gasteiger partial charge in [-0.15, -0.1) is 5.10 Å². The fourth-order valence-electron chi connectivity index (χ4n) is 1.38. The number of aromatic nitrogens is 4. The molecule has 0 N–H and O–H groups in total. The molecule has 2 heterocycles. The van der Waals surface area contributed by atoms with Gasteiger partial charge in [-0.1, -0.05) is 11.8 Å². The average molecular weight is 236 g/mol. The summed E-state index contributed by atoms with van der Waals surface area (Å²) in [6, 6.07) is 1.95. The fraction of sp³-hybridized carbons (Fsp3) is 0.400. The monoisotopic (exact) mass is 236 g/mol. The van der Waals surface area contributed by atoms with Crippen molar-refractivity contribution in [2.24, 2.45) is 0 Å². The van der Waals surface area contributed by atoms with Crippen LogP contribution in [0.3, 0.4) is 0 Å². The van der Waals surface area contributed by atoms with E-state index in [-0.39, 0.29) is 5.78 Å². The number of carbonyl (C=O) groups excluding carboxylic acids is 1. The van der Waals surface area contributed by atoms with Gasteiger partial charge in [0.05, 0.1) is 5.75 Å². The van der Waals surface area contributed by atoms with E-state index in [1.165, 1.54) is 11.8 Å². The second kappa shape index (κ2) is 4.21. The smallest absolute Gasteiger partial charge is 0.253 e. The molecule has 0 spiro atoms. The lowest BCUT2D eigenvalue weighted by Gasteiger charge is -1.97. The fourth-order valence-corrected chi connectivity index (χ4v) is 1.99. The van der Waals surface area contributed by atoms with Crippen LogP contribution in [0, 0.1) is 13.8 Å². The van der Waals surface area contributed by atoms with Crippen LogP contribution < -0.4 is 0 Å². The zero-order valence-corrected chi connectivity index (χ0v) is 10.2. The molecule has 16 heavy (non-hydrogen) atoms. The van der Waals surface area contributed by atoms with Crippen molar-refractivity contribution in [3.63, 3.8) is 0 Å².